The number of amides is 1. The van der Waals surface area contributed by atoms with Crippen molar-refractivity contribution >= 4 is 17.7 Å². The molecule has 140 valence electrons. The summed E-state index contributed by atoms with van der Waals surface area (Å²) in [5.41, 5.74) is 2.14. The van der Waals surface area contributed by atoms with Crippen molar-refractivity contribution in [1.29, 1.82) is 0 Å². The molecule has 0 saturated carbocycles. The van der Waals surface area contributed by atoms with Gasteiger partial charge in [-0.15, -0.1) is 0 Å². The van der Waals surface area contributed by atoms with Crippen LogP contribution in [0.3, 0.4) is 0 Å². The fourth-order valence-electron chi connectivity index (χ4n) is 3.12. The average Bonchev–Trinajstić information content (AvgIpc) is 2.80. The Kier molecular flexibility index (Phi) is 8.68. The second-order valence-corrected chi connectivity index (χ2v) is 7.89. The van der Waals surface area contributed by atoms with Crippen LogP contribution in [0.1, 0.15) is 57.3 Å². The lowest BCUT2D eigenvalue weighted by Gasteiger charge is -2.21. The molecule has 1 aliphatic heterocycles. The number of hydrogen-bond acceptors (Lipinski definition) is 5. The average molecular weight is 365 g/mol. The van der Waals surface area contributed by atoms with Gasteiger partial charge >= 0.3 is 0 Å². The van der Waals surface area contributed by atoms with Crippen LogP contribution in [0.25, 0.3) is 0 Å². The number of aryl methyl sites for hydroxylation is 1. The van der Waals surface area contributed by atoms with Crippen molar-refractivity contribution < 1.29 is 4.79 Å². The molecule has 6 heteroatoms. The maximum atomic E-state index is 11.6. The van der Waals surface area contributed by atoms with Crippen LogP contribution in [0.4, 0.5) is 0 Å². The molecule has 0 N–H and O–H groups in total. The second-order valence-electron chi connectivity index (χ2n) is 6.83. The zero-order valence-electron chi connectivity index (χ0n) is 16.0. The zero-order chi connectivity index (χ0) is 18.1. The molecule has 1 aromatic heterocycles. The summed E-state index contributed by atoms with van der Waals surface area (Å²) in [6.45, 7) is 10.4. The summed E-state index contributed by atoms with van der Waals surface area (Å²) in [6.07, 6.45) is 6.14. The van der Waals surface area contributed by atoms with Gasteiger partial charge in [-0.1, -0.05) is 37.9 Å². The predicted molar refractivity (Wildman–Crippen MR) is 104 cm³/mol. The highest BCUT2D eigenvalue weighted by molar-refractivity contribution is 7.99. The van der Waals surface area contributed by atoms with Gasteiger partial charge in [0.15, 0.2) is 5.16 Å². The largest absolute Gasteiger partial charge is 0.342 e. The highest BCUT2D eigenvalue weighted by atomic mass is 32.2. The van der Waals surface area contributed by atoms with E-state index in [2.05, 4.69) is 22.9 Å². The third kappa shape index (κ3) is 7.32. The molecule has 1 fully saturated rings. The van der Waals surface area contributed by atoms with Crippen LogP contribution in [-0.2, 0) is 11.3 Å². The Labute approximate surface area is 156 Å². The number of thioether (sulfide) groups is 1. The van der Waals surface area contributed by atoms with Gasteiger partial charge in [-0.05, 0) is 25.8 Å². The fourth-order valence-corrected chi connectivity index (χ4v) is 4.04. The molecule has 0 spiro atoms. The second kappa shape index (κ2) is 10.8. The molecule has 1 aromatic rings. The van der Waals surface area contributed by atoms with E-state index in [0.717, 1.165) is 61.4 Å². The van der Waals surface area contributed by atoms with E-state index in [1.54, 1.807) is 18.7 Å². The highest BCUT2D eigenvalue weighted by Crippen LogP contribution is 2.18. The molecular weight excluding hydrogens is 332 g/mol. The molecule has 0 unspecified atom stereocenters. The lowest BCUT2D eigenvalue weighted by atomic mass is 10.2. The van der Waals surface area contributed by atoms with Gasteiger partial charge in [0.2, 0.25) is 5.91 Å². The molecule has 5 nitrogen and oxygen atoms in total. The van der Waals surface area contributed by atoms with Gasteiger partial charge in [0.1, 0.15) is 0 Å². The minimum Gasteiger partial charge on any atom is -0.342 e. The van der Waals surface area contributed by atoms with Gasteiger partial charge in [-0.25, -0.2) is 9.97 Å². The van der Waals surface area contributed by atoms with Crippen molar-refractivity contribution in [3.8, 4) is 0 Å². The lowest BCUT2D eigenvalue weighted by Crippen LogP contribution is -2.33. The summed E-state index contributed by atoms with van der Waals surface area (Å²) in [5, 5.41) is 0.909. The molecule has 0 bridgehead atoms. The fraction of sp³-hybridized carbons (Fsp3) is 0.737. The molecular formula is C19H32N4OS. The normalized spacial score (nSPS) is 16.0. The van der Waals surface area contributed by atoms with Crippen LogP contribution in [0, 0.1) is 6.92 Å². The summed E-state index contributed by atoms with van der Waals surface area (Å²) in [4.78, 5) is 25.2. The van der Waals surface area contributed by atoms with Crippen molar-refractivity contribution in [3.63, 3.8) is 0 Å². The van der Waals surface area contributed by atoms with Gasteiger partial charge in [-0.2, -0.15) is 0 Å². The van der Waals surface area contributed by atoms with E-state index in [9.17, 15) is 4.79 Å². The van der Waals surface area contributed by atoms with Crippen LogP contribution in [0.2, 0.25) is 0 Å². The Hall–Kier alpha value is -1.14. The number of hydrogen-bond donors (Lipinski definition) is 0. The van der Waals surface area contributed by atoms with Crippen molar-refractivity contribution in [2.24, 2.45) is 0 Å². The first kappa shape index (κ1) is 20.2. The van der Waals surface area contributed by atoms with E-state index in [1.807, 2.05) is 11.8 Å². The summed E-state index contributed by atoms with van der Waals surface area (Å²) >= 11 is 1.78. The minimum atomic E-state index is 0.182. The van der Waals surface area contributed by atoms with Crippen molar-refractivity contribution in [3.05, 3.63) is 17.5 Å². The first-order chi connectivity index (χ1) is 12.1. The SMILES string of the molecule is CCCCCCSc1nc(C)cc(CN2CCCN(C(C)=O)CC2)n1. The predicted octanol–water partition coefficient (Wildman–Crippen LogP) is 3.51. The topological polar surface area (TPSA) is 49.3 Å². The number of carbonyl (C=O) groups is 1. The van der Waals surface area contributed by atoms with Crippen LogP contribution in [0.15, 0.2) is 11.2 Å². The van der Waals surface area contributed by atoms with Gasteiger partial charge in [0.05, 0.1) is 5.69 Å². The van der Waals surface area contributed by atoms with Gasteiger partial charge in [0.25, 0.3) is 0 Å². The molecule has 0 atom stereocenters. The summed E-state index contributed by atoms with van der Waals surface area (Å²) in [7, 11) is 0. The van der Waals surface area contributed by atoms with E-state index in [1.165, 1.54) is 25.7 Å². The summed E-state index contributed by atoms with van der Waals surface area (Å²) < 4.78 is 0. The van der Waals surface area contributed by atoms with E-state index in [-0.39, 0.29) is 5.91 Å². The number of unbranched alkanes of at least 4 members (excludes halogenated alkanes) is 3. The lowest BCUT2D eigenvalue weighted by molar-refractivity contribution is -0.128. The zero-order valence-corrected chi connectivity index (χ0v) is 16.8. The maximum Gasteiger partial charge on any atom is 0.219 e. The monoisotopic (exact) mass is 364 g/mol. The standard InChI is InChI=1S/C19H32N4OS/c1-4-5-6-7-13-25-19-20-16(2)14-18(21-19)15-22-9-8-10-23(12-11-22)17(3)24/h14H,4-13,15H2,1-3H3. The van der Waals surface area contributed by atoms with Crippen molar-refractivity contribution in [2.45, 2.75) is 64.6 Å². The molecule has 0 radical (unpaired) electrons. The first-order valence-corrected chi connectivity index (χ1v) is 10.5. The Morgan fingerprint density at radius 3 is 2.76 bits per heavy atom. The van der Waals surface area contributed by atoms with E-state index >= 15 is 0 Å². The molecule has 0 aromatic carbocycles. The Bertz CT molecular complexity index is 552. The Morgan fingerprint density at radius 2 is 2.00 bits per heavy atom. The van der Waals surface area contributed by atoms with E-state index in [0.29, 0.717) is 0 Å². The van der Waals surface area contributed by atoms with Crippen LogP contribution < -0.4 is 0 Å². The van der Waals surface area contributed by atoms with Crippen molar-refractivity contribution in [1.82, 2.24) is 19.8 Å². The third-order valence-electron chi connectivity index (χ3n) is 4.54. The Balaban J connectivity index is 1.87. The highest BCUT2D eigenvalue weighted by Gasteiger charge is 2.17. The van der Waals surface area contributed by atoms with Gasteiger partial charge in [-0.3, -0.25) is 9.69 Å². The third-order valence-corrected chi connectivity index (χ3v) is 5.47. The number of nitrogens with zero attached hydrogens (tertiary/aromatic N) is 4. The van der Waals surface area contributed by atoms with Gasteiger partial charge < -0.3 is 4.90 Å². The number of carbonyl (C=O) groups excluding carboxylic acids is 1. The molecule has 0 aliphatic carbocycles. The smallest absolute Gasteiger partial charge is 0.219 e. The molecule has 1 amide bonds. The quantitative estimate of drug-likeness (QED) is 0.401. The molecule has 1 aliphatic rings. The van der Waals surface area contributed by atoms with Crippen LogP contribution in [-0.4, -0.2) is 57.6 Å². The molecule has 1 saturated heterocycles. The summed E-state index contributed by atoms with van der Waals surface area (Å²) in [6, 6.07) is 2.09. The van der Waals surface area contributed by atoms with Crippen LogP contribution in [0.5, 0.6) is 0 Å². The molecule has 2 rings (SSSR count). The minimum absolute atomic E-state index is 0.182. The number of aromatic nitrogens is 2. The first-order valence-electron chi connectivity index (χ1n) is 9.53. The van der Waals surface area contributed by atoms with Crippen molar-refractivity contribution in [2.75, 3.05) is 31.9 Å². The summed E-state index contributed by atoms with van der Waals surface area (Å²) in [5.74, 6) is 1.28. The number of rotatable bonds is 8. The molecule has 25 heavy (non-hydrogen) atoms. The Morgan fingerprint density at radius 1 is 1.16 bits per heavy atom. The van der Waals surface area contributed by atoms with E-state index in [4.69, 9.17) is 4.98 Å². The maximum absolute atomic E-state index is 11.6. The van der Waals surface area contributed by atoms with E-state index < -0.39 is 0 Å². The van der Waals surface area contributed by atoms with Crippen LogP contribution >= 0.6 is 11.8 Å². The van der Waals surface area contributed by atoms with Gasteiger partial charge in [0, 0.05) is 51.1 Å². The molecule has 2 heterocycles.